The van der Waals surface area contributed by atoms with Gasteiger partial charge >= 0.3 is 0 Å². The van der Waals surface area contributed by atoms with Gasteiger partial charge in [0.1, 0.15) is 0 Å². The van der Waals surface area contributed by atoms with Crippen LogP contribution in [-0.2, 0) is 15.6 Å². The van der Waals surface area contributed by atoms with Gasteiger partial charge in [-0.3, -0.25) is 0 Å². The van der Waals surface area contributed by atoms with Crippen molar-refractivity contribution in [2.75, 3.05) is 59.4 Å². The molecule has 8 heteroatoms. The van der Waals surface area contributed by atoms with Crippen molar-refractivity contribution in [3.8, 4) is 23.0 Å². The first kappa shape index (κ1) is 32.8. The largest absolute Gasteiger partial charge is 0.493 e. The molecule has 242 valence electrons. The predicted molar refractivity (Wildman–Crippen MR) is 184 cm³/mol. The summed E-state index contributed by atoms with van der Waals surface area (Å²) in [6.45, 7) is 8.88. The van der Waals surface area contributed by atoms with Crippen LogP contribution in [0.25, 0.3) is 0 Å². The molecule has 0 aromatic heterocycles. The SMILES string of the molecule is COc1cc2c(cc1OC)C(C)(C)/C(=C/C=C1\CCCC(/C=C/C3(OC)N(C)c4cc(OC)c(OC)cc4C3(C)C)=C1Cl)N2C. The first-order chi connectivity index (χ1) is 21.3. The third kappa shape index (κ3) is 4.99. The molecule has 3 aliphatic rings. The van der Waals surface area contributed by atoms with Crippen LogP contribution < -0.4 is 28.7 Å². The third-order valence-electron chi connectivity index (χ3n) is 10.2. The lowest BCUT2D eigenvalue weighted by Crippen LogP contribution is -2.54. The second-order valence-corrected chi connectivity index (χ2v) is 13.4. The number of methoxy groups -OCH3 is 5. The Bertz CT molecular complexity index is 1620. The lowest BCUT2D eigenvalue weighted by molar-refractivity contribution is -0.0129. The molecule has 5 rings (SSSR count). The number of hydrogen-bond acceptors (Lipinski definition) is 7. The first-order valence-electron chi connectivity index (χ1n) is 15.4. The molecule has 1 aliphatic carbocycles. The number of allylic oxidation sites excluding steroid dienone is 7. The Balaban J connectivity index is 1.49. The highest BCUT2D eigenvalue weighted by molar-refractivity contribution is 6.32. The number of nitrogens with zero attached hydrogens (tertiary/aromatic N) is 2. The summed E-state index contributed by atoms with van der Waals surface area (Å²) in [6.07, 6.45) is 11.6. The normalized spacial score (nSPS) is 23.6. The minimum Gasteiger partial charge on any atom is -0.493 e. The smallest absolute Gasteiger partial charge is 0.169 e. The summed E-state index contributed by atoms with van der Waals surface area (Å²) in [7, 11) is 12.6. The van der Waals surface area contributed by atoms with E-state index in [9.17, 15) is 0 Å². The number of benzene rings is 2. The molecule has 7 nitrogen and oxygen atoms in total. The highest BCUT2D eigenvalue weighted by Crippen LogP contribution is 2.55. The molecular weight excluding hydrogens is 588 g/mol. The summed E-state index contributed by atoms with van der Waals surface area (Å²) in [6, 6.07) is 8.23. The zero-order chi connectivity index (χ0) is 32.9. The lowest BCUT2D eigenvalue weighted by Gasteiger charge is -2.43. The minimum absolute atomic E-state index is 0.224. The van der Waals surface area contributed by atoms with Crippen LogP contribution in [-0.4, -0.2) is 55.4 Å². The Morgan fingerprint density at radius 2 is 1.29 bits per heavy atom. The molecule has 1 unspecified atom stereocenters. The van der Waals surface area contributed by atoms with Crippen molar-refractivity contribution in [1.29, 1.82) is 0 Å². The van der Waals surface area contributed by atoms with Crippen molar-refractivity contribution >= 4 is 23.0 Å². The zero-order valence-corrected chi connectivity index (χ0v) is 29.3. The maximum Gasteiger partial charge on any atom is 0.169 e. The van der Waals surface area contributed by atoms with Gasteiger partial charge in [-0.1, -0.05) is 51.4 Å². The van der Waals surface area contributed by atoms with E-state index in [1.54, 1.807) is 35.5 Å². The van der Waals surface area contributed by atoms with E-state index in [1.165, 1.54) is 11.3 Å². The third-order valence-corrected chi connectivity index (χ3v) is 10.7. The number of likely N-dealkylation sites (N-methyl/N-ethyl adjacent to an activating group) is 2. The molecule has 0 amide bonds. The molecule has 2 aromatic carbocycles. The van der Waals surface area contributed by atoms with Gasteiger partial charge in [-0.25, -0.2) is 0 Å². The fraction of sp³-hybridized carbons (Fsp3) is 0.459. The Morgan fingerprint density at radius 3 is 1.87 bits per heavy atom. The van der Waals surface area contributed by atoms with E-state index in [0.29, 0.717) is 11.5 Å². The van der Waals surface area contributed by atoms with E-state index < -0.39 is 11.1 Å². The maximum absolute atomic E-state index is 7.16. The van der Waals surface area contributed by atoms with Gasteiger partial charge in [0.15, 0.2) is 28.7 Å². The summed E-state index contributed by atoms with van der Waals surface area (Å²) < 4.78 is 28.8. The van der Waals surface area contributed by atoms with Crippen LogP contribution in [0.4, 0.5) is 11.4 Å². The summed E-state index contributed by atoms with van der Waals surface area (Å²) in [4.78, 5) is 4.41. The van der Waals surface area contributed by atoms with Crippen LogP contribution in [0.15, 0.2) is 70.4 Å². The topological polar surface area (TPSA) is 52.6 Å². The average Bonchev–Trinajstić information content (AvgIpc) is 3.32. The van der Waals surface area contributed by atoms with Crippen LogP contribution >= 0.6 is 11.6 Å². The number of fused-ring (bicyclic) bond motifs is 2. The molecule has 0 bridgehead atoms. The molecule has 0 saturated carbocycles. The van der Waals surface area contributed by atoms with E-state index in [4.69, 9.17) is 35.3 Å². The van der Waals surface area contributed by atoms with Gasteiger partial charge in [-0.15, -0.1) is 0 Å². The Labute approximate surface area is 273 Å². The highest BCUT2D eigenvalue weighted by atomic mass is 35.5. The van der Waals surface area contributed by atoms with Crippen molar-refractivity contribution in [2.24, 2.45) is 0 Å². The van der Waals surface area contributed by atoms with Gasteiger partial charge in [0, 0.05) is 66.3 Å². The van der Waals surface area contributed by atoms with E-state index in [2.05, 4.69) is 94.1 Å². The Kier molecular flexibility index (Phi) is 8.75. The van der Waals surface area contributed by atoms with Crippen LogP contribution in [0.5, 0.6) is 23.0 Å². The van der Waals surface area contributed by atoms with Crippen LogP contribution in [0, 0.1) is 0 Å². The number of anilines is 2. The standard InChI is InChI=1S/C37H47ClN2O5/c1-35(2)25-19-29(41-7)31(43-9)21-27(25)39(5)33(35)16-15-23-13-12-14-24(34(23)38)17-18-37(45-11)36(3,4)26-20-30(42-8)32(44-10)22-28(26)40(37)6/h15-22H,12-14H2,1-11H3/b18-17+,23-15+,33-16-. The van der Waals surface area contributed by atoms with E-state index in [-0.39, 0.29) is 5.41 Å². The molecular formula is C37H47ClN2O5. The lowest BCUT2D eigenvalue weighted by atomic mass is 9.76. The van der Waals surface area contributed by atoms with Gasteiger partial charge in [0.25, 0.3) is 0 Å². The number of rotatable bonds is 8. The molecule has 2 aliphatic heterocycles. The second-order valence-electron chi connectivity index (χ2n) is 13.0. The minimum atomic E-state index is -0.745. The maximum atomic E-state index is 7.16. The molecule has 0 spiro atoms. The molecule has 1 atom stereocenters. The Morgan fingerprint density at radius 1 is 0.733 bits per heavy atom. The highest BCUT2D eigenvalue weighted by Gasteiger charge is 2.55. The van der Waals surface area contributed by atoms with Crippen molar-refractivity contribution in [3.05, 3.63) is 81.6 Å². The van der Waals surface area contributed by atoms with Crippen molar-refractivity contribution in [3.63, 3.8) is 0 Å². The van der Waals surface area contributed by atoms with E-state index in [1.807, 2.05) is 6.07 Å². The predicted octanol–water partition coefficient (Wildman–Crippen LogP) is 8.26. The van der Waals surface area contributed by atoms with Gasteiger partial charge in [0.2, 0.25) is 0 Å². The average molecular weight is 635 g/mol. The summed E-state index contributed by atoms with van der Waals surface area (Å²) >= 11 is 7.16. The van der Waals surface area contributed by atoms with Gasteiger partial charge in [-0.05, 0) is 65.8 Å². The monoisotopic (exact) mass is 634 g/mol. The molecule has 2 heterocycles. The molecule has 0 saturated heterocycles. The molecule has 0 N–H and O–H groups in total. The first-order valence-corrected chi connectivity index (χ1v) is 15.8. The summed E-state index contributed by atoms with van der Waals surface area (Å²) in [5.74, 6) is 2.85. The zero-order valence-electron chi connectivity index (χ0n) is 28.6. The second kappa shape index (κ2) is 12.0. The molecule has 0 radical (unpaired) electrons. The summed E-state index contributed by atoms with van der Waals surface area (Å²) in [5.41, 5.74) is 6.54. The molecule has 0 fully saturated rings. The molecule has 2 aromatic rings. The van der Waals surface area contributed by atoms with E-state index in [0.717, 1.165) is 63.9 Å². The number of hydrogen-bond donors (Lipinski definition) is 0. The number of halogens is 1. The van der Waals surface area contributed by atoms with Crippen molar-refractivity contribution in [1.82, 2.24) is 0 Å². The van der Waals surface area contributed by atoms with E-state index >= 15 is 0 Å². The summed E-state index contributed by atoms with van der Waals surface area (Å²) in [5, 5.41) is 0.805. The fourth-order valence-corrected chi connectivity index (χ4v) is 7.79. The number of ether oxygens (including phenoxy) is 5. The van der Waals surface area contributed by atoms with Gasteiger partial charge in [0.05, 0.1) is 28.4 Å². The fourth-order valence-electron chi connectivity index (χ4n) is 7.47. The van der Waals surface area contributed by atoms with Gasteiger partial charge < -0.3 is 33.5 Å². The van der Waals surface area contributed by atoms with Gasteiger partial charge in [-0.2, -0.15) is 0 Å². The van der Waals surface area contributed by atoms with Crippen LogP contribution in [0.2, 0.25) is 0 Å². The quantitative estimate of drug-likeness (QED) is 0.290. The van der Waals surface area contributed by atoms with Crippen molar-refractivity contribution < 1.29 is 23.7 Å². The Hall–Kier alpha value is -3.55. The van der Waals surface area contributed by atoms with Crippen LogP contribution in [0.3, 0.4) is 0 Å². The van der Waals surface area contributed by atoms with Crippen LogP contribution in [0.1, 0.15) is 58.1 Å². The van der Waals surface area contributed by atoms with Crippen molar-refractivity contribution in [2.45, 2.75) is 63.5 Å². The molecule has 45 heavy (non-hydrogen) atoms.